The fourth-order valence-corrected chi connectivity index (χ4v) is 3.70. The smallest absolute Gasteiger partial charge is 0.490 e. The van der Waals surface area contributed by atoms with Crippen LogP contribution in [0.5, 0.6) is 5.75 Å². The van der Waals surface area contributed by atoms with Gasteiger partial charge in [0.1, 0.15) is 5.75 Å². The maximum atomic E-state index is 12.8. The molecule has 0 aliphatic carbocycles. The fraction of sp³-hybridized carbons (Fsp3) is 0.619. The lowest BCUT2D eigenvalue weighted by Gasteiger charge is -2.28. The Morgan fingerprint density at radius 1 is 0.970 bits per heavy atom. The van der Waals surface area contributed by atoms with E-state index in [2.05, 4.69) is 4.90 Å². The van der Waals surface area contributed by atoms with Gasteiger partial charge in [0.25, 0.3) is 5.91 Å². The number of likely N-dealkylation sites (tertiary alicyclic amines) is 2. The van der Waals surface area contributed by atoms with Crippen molar-refractivity contribution in [1.29, 1.82) is 0 Å². The Labute approximate surface area is 187 Å². The highest BCUT2D eigenvalue weighted by atomic mass is 19.4. The molecule has 1 N–H and O–H groups in total. The molecule has 0 radical (unpaired) electrons. The van der Waals surface area contributed by atoms with Gasteiger partial charge < -0.3 is 19.6 Å². The number of hydrogen-bond acceptors (Lipinski definition) is 4. The molecular formula is C21H26F6N2O4. The number of carbonyl (C=O) groups is 2. The van der Waals surface area contributed by atoms with Crippen LogP contribution in [0.1, 0.15) is 42.5 Å². The minimum absolute atomic E-state index is 0.00598. The summed E-state index contributed by atoms with van der Waals surface area (Å²) in [5.41, 5.74) is 0.557. The van der Waals surface area contributed by atoms with Crippen molar-refractivity contribution >= 4 is 11.9 Å². The van der Waals surface area contributed by atoms with Gasteiger partial charge in [-0.3, -0.25) is 4.79 Å². The van der Waals surface area contributed by atoms with E-state index in [1.807, 2.05) is 4.90 Å². The van der Waals surface area contributed by atoms with E-state index in [1.165, 1.54) is 12.8 Å². The lowest BCUT2D eigenvalue weighted by atomic mass is 10.1. The molecule has 2 fully saturated rings. The summed E-state index contributed by atoms with van der Waals surface area (Å²) in [6.45, 7) is 3.51. The van der Waals surface area contributed by atoms with Crippen molar-refractivity contribution in [2.75, 3.05) is 32.8 Å². The number of aliphatic carboxylic acids is 1. The molecule has 0 spiro atoms. The Morgan fingerprint density at radius 3 is 2.06 bits per heavy atom. The minimum atomic E-state index is -5.08. The predicted molar refractivity (Wildman–Crippen MR) is 106 cm³/mol. The number of benzene rings is 1. The van der Waals surface area contributed by atoms with Crippen LogP contribution in [0.2, 0.25) is 0 Å². The van der Waals surface area contributed by atoms with Crippen LogP contribution in [0.15, 0.2) is 24.3 Å². The Bertz CT molecular complexity index is 776. The lowest BCUT2D eigenvalue weighted by Crippen LogP contribution is -2.42. The van der Waals surface area contributed by atoms with Gasteiger partial charge in [-0.15, -0.1) is 0 Å². The first kappa shape index (κ1) is 26.7. The van der Waals surface area contributed by atoms with Crippen LogP contribution in [-0.2, 0) is 4.79 Å². The van der Waals surface area contributed by atoms with E-state index in [4.69, 9.17) is 14.6 Å². The van der Waals surface area contributed by atoms with E-state index in [0.717, 1.165) is 39.0 Å². The van der Waals surface area contributed by atoms with Crippen LogP contribution >= 0.6 is 0 Å². The van der Waals surface area contributed by atoms with Crippen molar-refractivity contribution < 1.29 is 45.8 Å². The average Bonchev–Trinajstić information content (AvgIpc) is 3.39. The highest BCUT2D eigenvalue weighted by Gasteiger charge is 2.38. The Kier molecular flexibility index (Phi) is 9.38. The second-order valence-corrected chi connectivity index (χ2v) is 7.84. The molecule has 2 aliphatic rings. The summed E-state index contributed by atoms with van der Waals surface area (Å²) in [4.78, 5) is 26.1. The molecule has 1 aromatic rings. The normalized spacial score (nSPS) is 19.2. The summed E-state index contributed by atoms with van der Waals surface area (Å²) in [5.74, 6) is -2.41. The highest BCUT2D eigenvalue weighted by molar-refractivity contribution is 5.94. The number of nitrogens with zero attached hydrogens (tertiary/aromatic N) is 2. The molecule has 0 bridgehead atoms. The van der Waals surface area contributed by atoms with Crippen LogP contribution < -0.4 is 4.74 Å². The van der Waals surface area contributed by atoms with Gasteiger partial charge in [-0.1, -0.05) is 0 Å². The number of hydrogen-bond donors (Lipinski definition) is 1. The minimum Gasteiger partial charge on any atom is -0.493 e. The number of amides is 1. The van der Waals surface area contributed by atoms with Crippen LogP contribution in [0.25, 0.3) is 0 Å². The number of alkyl halides is 6. The molecule has 6 nitrogen and oxygen atoms in total. The van der Waals surface area contributed by atoms with Crippen molar-refractivity contribution in [3.63, 3.8) is 0 Å². The van der Waals surface area contributed by atoms with E-state index in [0.29, 0.717) is 11.3 Å². The van der Waals surface area contributed by atoms with Crippen molar-refractivity contribution in [1.82, 2.24) is 9.80 Å². The first-order chi connectivity index (χ1) is 15.4. The standard InChI is InChI=1S/C19H25F3N2O2.C2HF3O2/c20-19(21,22)9-13-26-17-7-5-15(6-8-17)18(25)24-12-3-4-16(24)14-23-10-1-2-11-23;3-2(4,5)1(6)7/h5-8,16H,1-4,9-14H2;(H,6,7). The summed E-state index contributed by atoms with van der Waals surface area (Å²) in [7, 11) is 0. The summed E-state index contributed by atoms with van der Waals surface area (Å²) in [5, 5.41) is 7.12. The van der Waals surface area contributed by atoms with Crippen molar-refractivity contribution in [2.45, 2.75) is 50.5 Å². The van der Waals surface area contributed by atoms with Gasteiger partial charge in [0.15, 0.2) is 0 Å². The molecule has 2 saturated heterocycles. The third kappa shape index (κ3) is 9.10. The van der Waals surface area contributed by atoms with Gasteiger partial charge in [-0.2, -0.15) is 26.3 Å². The van der Waals surface area contributed by atoms with Crippen molar-refractivity contribution in [2.24, 2.45) is 0 Å². The van der Waals surface area contributed by atoms with Gasteiger partial charge in [0.05, 0.1) is 13.0 Å². The van der Waals surface area contributed by atoms with Crippen LogP contribution in [0.4, 0.5) is 26.3 Å². The fourth-order valence-electron chi connectivity index (χ4n) is 3.70. The Hall–Kier alpha value is -2.50. The first-order valence-corrected chi connectivity index (χ1v) is 10.5. The number of carboxylic acid groups (broad SMARTS) is 1. The number of ether oxygens (including phenoxy) is 1. The van der Waals surface area contributed by atoms with Crippen LogP contribution in [0, 0.1) is 0 Å². The van der Waals surface area contributed by atoms with Gasteiger partial charge in [-0.05, 0) is 63.0 Å². The van der Waals surface area contributed by atoms with Crippen molar-refractivity contribution in [3.05, 3.63) is 29.8 Å². The maximum Gasteiger partial charge on any atom is 0.490 e. The quantitative estimate of drug-likeness (QED) is 0.608. The third-order valence-corrected chi connectivity index (χ3v) is 5.30. The molecule has 2 heterocycles. The SMILES string of the molecule is O=C(O)C(F)(F)F.O=C(c1ccc(OCCC(F)(F)F)cc1)N1CCCC1CN1CCCC1. The molecule has 1 atom stereocenters. The van der Waals surface area contributed by atoms with E-state index in [-0.39, 0.29) is 11.9 Å². The Morgan fingerprint density at radius 2 is 1.55 bits per heavy atom. The van der Waals surface area contributed by atoms with Gasteiger partial charge in [0.2, 0.25) is 0 Å². The van der Waals surface area contributed by atoms with Gasteiger partial charge in [-0.25, -0.2) is 4.79 Å². The number of halogens is 6. The summed E-state index contributed by atoms with van der Waals surface area (Å²) >= 11 is 0. The average molecular weight is 484 g/mol. The maximum absolute atomic E-state index is 12.8. The molecule has 186 valence electrons. The number of carboxylic acids is 1. The Balaban J connectivity index is 0.000000479. The zero-order valence-corrected chi connectivity index (χ0v) is 17.8. The number of carbonyl (C=O) groups excluding carboxylic acids is 1. The monoisotopic (exact) mass is 484 g/mol. The second-order valence-electron chi connectivity index (χ2n) is 7.84. The molecule has 2 aliphatic heterocycles. The third-order valence-electron chi connectivity index (χ3n) is 5.30. The summed E-state index contributed by atoms with van der Waals surface area (Å²) < 4.78 is 73.3. The zero-order valence-electron chi connectivity index (χ0n) is 17.8. The molecule has 3 rings (SSSR count). The topological polar surface area (TPSA) is 70.1 Å². The molecule has 0 saturated carbocycles. The predicted octanol–water partition coefficient (Wildman–Crippen LogP) is 4.35. The zero-order chi connectivity index (χ0) is 24.6. The summed E-state index contributed by atoms with van der Waals surface area (Å²) in [6.07, 6.45) is -5.79. The van der Waals surface area contributed by atoms with Crippen molar-refractivity contribution in [3.8, 4) is 5.75 Å². The first-order valence-electron chi connectivity index (χ1n) is 10.5. The van der Waals surface area contributed by atoms with Gasteiger partial charge in [0, 0.05) is 24.7 Å². The molecule has 0 aromatic heterocycles. The summed E-state index contributed by atoms with van der Waals surface area (Å²) in [6, 6.07) is 6.65. The molecule has 1 unspecified atom stereocenters. The molecular weight excluding hydrogens is 458 g/mol. The second kappa shape index (κ2) is 11.6. The van der Waals surface area contributed by atoms with E-state index in [9.17, 15) is 31.1 Å². The lowest BCUT2D eigenvalue weighted by molar-refractivity contribution is -0.192. The van der Waals surface area contributed by atoms with Crippen LogP contribution in [0.3, 0.4) is 0 Å². The highest BCUT2D eigenvalue weighted by Crippen LogP contribution is 2.24. The molecule has 1 amide bonds. The van der Waals surface area contributed by atoms with E-state index < -0.39 is 31.3 Å². The molecule has 12 heteroatoms. The van der Waals surface area contributed by atoms with Gasteiger partial charge >= 0.3 is 18.3 Å². The number of rotatable bonds is 6. The van der Waals surface area contributed by atoms with E-state index in [1.54, 1.807) is 24.3 Å². The molecule has 33 heavy (non-hydrogen) atoms. The van der Waals surface area contributed by atoms with E-state index >= 15 is 0 Å². The largest absolute Gasteiger partial charge is 0.493 e. The van der Waals surface area contributed by atoms with Crippen LogP contribution in [-0.4, -0.2) is 78.0 Å². The molecule has 1 aromatic carbocycles.